The van der Waals surface area contributed by atoms with Gasteiger partial charge in [-0.3, -0.25) is 10.8 Å². The van der Waals surface area contributed by atoms with Crippen LogP contribution >= 0.6 is 11.8 Å². The van der Waals surface area contributed by atoms with Crippen LogP contribution in [0.1, 0.15) is 17.2 Å². The van der Waals surface area contributed by atoms with Crippen LogP contribution in [0.3, 0.4) is 0 Å². The minimum absolute atomic E-state index is 0.0210. The third-order valence-electron chi connectivity index (χ3n) is 2.63. The number of rotatable bonds is 4. The highest BCUT2D eigenvalue weighted by Crippen LogP contribution is 2.29. The second-order valence-electron chi connectivity index (χ2n) is 3.63. The van der Waals surface area contributed by atoms with Crippen LogP contribution in [0.5, 0.6) is 0 Å². The summed E-state index contributed by atoms with van der Waals surface area (Å²) in [5.41, 5.74) is 5.10. The van der Waals surface area contributed by atoms with Crippen molar-refractivity contribution in [2.75, 3.05) is 6.26 Å². The van der Waals surface area contributed by atoms with Crippen molar-refractivity contribution in [2.24, 2.45) is 5.84 Å². The maximum Gasteiger partial charge on any atom is 0.0735 e. The first-order valence-corrected chi connectivity index (χ1v) is 6.58. The molecule has 1 aromatic heterocycles. The molecule has 0 saturated carbocycles. The Morgan fingerprint density at radius 1 is 1.24 bits per heavy atom. The van der Waals surface area contributed by atoms with Crippen LogP contribution in [0.2, 0.25) is 0 Å². The van der Waals surface area contributed by atoms with Crippen molar-refractivity contribution in [1.82, 2.24) is 10.4 Å². The molecule has 0 saturated heterocycles. The lowest BCUT2D eigenvalue weighted by molar-refractivity contribution is 0.626. The van der Waals surface area contributed by atoms with Gasteiger partial charge < -0.3 is 0 Å². The summed E-state index contributed by atoms with van der Waals surface area (Å²) >= 11 is 1.72. The monoisotopic (exact) mass is 245 g/mol. The van der Waals surface area contributed by atoms with Crippen molar-refractivity contribution in [3.05, 3.63) is 59.9 Å². The van der Waals surface area contributed by atoms with Crippen molar-refractivity contribution < 1.29 is 0 Å². The molecule has 1 aromatic carbocycles. The second kappa shape index (κ2) is 5.82. The van der Waals surface area contributed by atoms with E-state index in [9.17, 15) is 0 Å². The van der Waals surface area contributed by atoms with Gasteiger partial charge in [-0.25, -0.2) is 5.43 Å². The van der Waals surface area contributed by atoms with Gasteiger partial charge in [-0.15, -0.1) is 11.8 Å². The number of nitrogens with zero attached hydrogens (tertiary/aromatic N) is 1. The Morgan fingerprint density at radius 3 is 2.71 bits per heavy atom. The molecule has 1 unspecified atom stereocenters. The van der Waals surface area contributed by atoms with Gasteiger partial charge in [-0.05, 0) is 29.5 Å². The molecule has 0 spiro atoms. The molecule has 0 bridgehead atoms. The van der Waals surface area contributed by atoms with E-state index in [4.69, 9.17) is 5.84 Å². The fraction of sp³-hybridized carbons (Fsp3) is 0.154. The maximum absolute atomic E-state index is 5.67. The smallest absolute Gasteiger partial charge is 0.0735 e. The fourth-order valence-corrected chi connectivity index (χ4v) is 2.45. The number of hydrogen-bond donors (Lipinski definition) is 2. The van der Waals surface area contributed by atoms with Crippen molar-refractivity contribution in [3.63, 3.8) is 0 Å². The van der Waals surface area contributed by atoms with Gasteiger partial charge in [0.05, 0.1) is 6.04 Å². The quantitative estimate of drug-likeness (QED) is 0.493. The number of nitrogens with one attached hydrogen (secondary N) is 1. The average Bonchev–Trinajstić information content (AvgIpc) is 2.41. The molecular weight excluding hydrogens is 230 g/mol. The molecule has 0 radical (unpaired) electrons. The van der Waals surface area contributed by atoms with E-state index in [1.807, 2.05) is 30.5 Å². The minimum atomic E-state index is -0.0210. The molecule has 0 amide bonds. The summed E-state index contributed by atoms with van der Waals surface area (Å²) < 4.78 is 0. The van der Waals surface area contributed by atoms with Gasteiger partial charge in [0.1, 0.15) is 0 Å². The fourth-order valence-electron chi connectivity index (χ4n) is 1.82. The molecule has 1 heterocycles. The molecule has 3 nitrogen and oxygen atoms in total. The van der Waals surface area contributed by atoms with Crippen LogP contribution in [-0.4, -0.2) is 11.2 Å². The minimum Gasteiger partial charge on any atom is -0.271 e. The number of aromatic nitrogens is 1. The predicted molar refractivity (Wildman–Crippen MR) is 71.6 cm³/mol. The number of hydrazine groups is 1. The maximum atomic E-state index is 5.67. The van der Waals surface area contributed by atoms with Crippen molar-refractivity contribution in [1.29, 1.82) is 0 Å². The highest BCUT2D eigenvalue weighted by Gasteiger charge is 2.15. The third kappa shape index (κ3) is 2.66. The highest BCUT2D eigenvalue weighted by molar-refractivity contribution is 7.98. The van der Waals surface area contributed by atoms with E-state index < -0.39 is 0 Å². The van der Waals surface area contributed by atoms with Gasteiger partial charge in [0, 0.05) is 17.3 Å². The number of thioether (sulfide) groups is 1. The lowest BCUT2D eigenvalue weighted by Gasteiger charge is -2.18. The molecule has 0 fully saturated rings. The Morgan fingerprint density at radius 2 is 2.06 bits per heavy atom. The van der Waals surface area contributed by atoms with Crippen LogP contribution in [0.25, 0.3) is 0 Å². The Labute approximate surface area is 105 Å². The SMILES string of the molecule is CSc1ccccc1C(NN)c1cccnc1. The van der Waals surface area contributed by atoms with Crippen molar-refractivity contribution in [3.8, 4) is 0 Å². The van der Waals surface area contributed by atoms with E-state index in [0.717, 1.165) is 5.56 Å². The summed E-state index contributed by atoms with van der Waals surface area (Å²) in [7, 11) is 0. The Balaban J connectivity index is 2.42. The summed E-state index contributed by atoms with van der Waals surface area (Å²) in [6.07, 6.45) is 5.66. The van der Waals surface area contributed by atoms with Crippen molar-refractivity contribution >= 4 is 11.8 Å². The second-order valence-corrected chi connectivity index (χ2v) is 4.48. The third-order valence-corrected chi connectivity index (χ3v) is 3.45. The molecule has 88 valence electrons. The molecule has 2 aromatic rings. The van der Waals surface area contributed by atoms with E-state index >= 15 is 0 Å². The van der Waals surface area contributed by atoms with E-state index in [1.54, 1.807) is 18.0 Å². The van der Waals surface area contributed by atoms with Gasteiger partial charge in [0.25, 0.3) is 0 Å². The molecule has 2 rings (SSSR count). The van der Waals surface area contributed by atoms with E-state index in [-0.39, 0.29) is 6.04 Å². The lowest BCUT2D eigenvalue weighted by atomic mass is 10.0. The zero-order valence-electron chi connectivity index (χ0n) is 9.63. The number of hydrogen-bond acceptors (Lipinski definition) is 4. The zero-order chi connectivity index (χ0) is 12.1. The Bertz CT molecular complexity index is 473. The molecule has 1 atom stereocenters. The number of nitrogens with two attached hydrogens (primary N) is 1. The summed E-state index contributed by atoms with van der Waals surface area (Å²) in [4.78, 5) is 5.35. The van der Waals surface area contributed by atoms with Gasteiger partial charge in [-0.1, -0.05) is 24.3 Å². The summed E-state index contributed by atoms with van der Waals surface area (Å²) in [6, 6.07) is 12.2. The molecule has 4 heteroatoms. The summed E-state index contributed by atoms with van der Waals surface area (Å²) in [5.74, 6) is 5.67. The molecule has 0 aliphatic carbocycles. The first-order chi connectivity index (χ1) is 8.36. The molecule has 17 heavy (non-hydrogen) atoms. The highest BCUT2D eigenvalue weighted by atomic mass is 32.2. The summed E-state index contributed by atoms with van der Waals surface area (Å²) in [5, 5.41) is 0. The van der Waals surface area contributed by atoms with E-state index in [2.05, 4.69) is 28.8 Å². The first-order valence-electron chi connectivity index (χ1n) is 5.35. The van der Waals surface area contributed by atoms with E-state index in [0.29, 0.717) is 0 Å². The van der Waals surface area contributed by atoms with Gasteiger partial charge in [-0.2, -0.15) is 0 Å². The van der Waals surface area contributed by atoms with Gasteiger partial charge >= 0.3 is 0 Å². The van der Waals surface area contributed by atoms with Gasteiger partial charge in [0.2, 0.25) is 0 Å². The Hall–Kier alpha value is -1.36. The molecule has 3 N–H and O–H groups in total. The van der Waals surface area contributed by atoms with Crippen LogP contribution in [0.4, 0.5) is 0 Å². The van der Waals surface area contributed by atoms with Crippen LogP contribution in [0.15, 0.2) is 53.7 Å². The molecular formula is C13H15N3S. The van der Waals surface area contributed by atoms with Gasteiger partial charge in [0.15, 0.2) is 0 Å². The average molecular weight is 245 g/mol. The standard InChI is InChI=1S/C13H15N3S/c1-17-12-7-3-2-6-11(12)13(16-14)10-5-4-8-15-9-10/h2-9,13,16H,14H2,1H3. The largest absolute Gasteiger partial charge is 0.271 e. The van der Waals surface area contributed by atoms with Crippen LogP contribution in [-0.2, 0) is 0 Å². The molecule has 0 aliphatic heterocycles. The van der Waals surface area contributed by atoms with Crippen LogP contribution < -0.4 is 11.3 Å². The zero-order valence-corrected chi connectivity index (χ0v) is 10.4. The first kappa shape index (κ1) is 12.1. The topological polar surface area (TPSA) is 50.9 Å². The summed E-state index contributed by atoms with van der Waals surface area (Å²) in [6.45, 7) is 0. The van der Waals surface area contributed by atoms with Crippen LogP contribution in [0, 0.1) is 0 Å². The molecule has 0 aliphatic rings. The normalized spacial score (nSPS) is 12.4. The lowest BCUT2D eigenvalue weighted by Crippen LogP contribution is -2.29. The predicted octanol–water partition coefficient (Wildman–Crippen LogP) is 2.36. The number of benzene rings is 1. The van der Waals surface area contributed by atoms with E-state index in [1.165, 1.54) is 10.5 Å². The van der Waals surface area contributed by atoms with Crippen molar-refractivity contribution in [2.45, 2.75) is 10.9 Å². The Kier molecular flexibility index (Phi) is 4.14. The number of pyridine rings is 1.